The van der Waals surface area contributed by atoms with Crippen LogP contribution in [0.25, 0.3) is 16.2 Å². The highest BCUT2D eigenvalue weighted by Gasteiger charge is 2.37. The van der Waals surface area contributed by atoms with E-state index in [1.54, 1.807) is 30.5 Å². The molecular formula is C21H13F6N3O2S. The number of imidazole rings is 1. The van der Waals surface area contributed by atoms with Crippen LogP contribution in [0.3, 0.4) is 0 Å². The molecule has 4 aromatic rings. The number of benzene rings is 2. The summed E-state index contributed by atoms with van der Waals surface area (Å²) in [6, 6.07) is 7.89. The third-order valence-corrected chi connectivity index (χ3v) is 5.49. The van der Waals surface area contributed by atoms with E-state index in [1.807, 2.05) is 0 Å². The van der Waals surface area contributed by atoms with Crippen LogP contribution in [0.4, 0.5) is 32.0 Å². The minimum atomic E-state index is -5.02. The standard InChI is InChI=1S/C21H13F6N3O2S/c1-32-15-4-2-3-11(5-15)16-9-30-17(10-33-19(30)29-16)18(31)28-14-7-12(20(22,23)24)6-13(8-14)21(25,26)27/h2-10H,1H3,(H,28,31). The van der Waals surface area contributed by atoms with Gasteiger partial charge in [0, 0.05) is 22.8 Å². The molecule has 1 N–H and O–H groups in total. The molecule has 1 amide bonds. The van der Waals surface area contributed by atoms with Crippen molar-refractivity contribution in [3.8, 4) is 17.0 Å². The molecule has 0 saturated carbocycles. The number of carbonyl (C=O) groups is 1. The Bertz CT molecular complexity index is 1310. The van der Waals surface area contributed by atoms with Crippen molar-refractivity contribution in [1.29, 1.82) is 0 Å². The van der Waals surface area contributed by atoms with Crippen molar-refractivity contribution in [1.82, 2.24) is 9.38 Å². The summed E-state index contributed by atoms with van der Waals surface area (Å²) in [7, 11) is 1.51. The van der Waals surface area contributed by atoms with Crippen LogP contribution in [0.5, 0.6) is 5.75 Å². The Hall–Kier alpha value is -3.54. The Labute approximate surface area is 186 Å². The Morgan fingerprint density at radius 2 is 1.70 bits per heavy atom. The summed E-state index contributed by atoms with van der Waals surface area (Å²) < 4.78 is 85.0. The minimum Gasteiger partial charge on any atom is -0.497 e. The number of amides is 1. The van der Waals surface area contributed by atoms with Crippen LogP contribution in [0.1, 0.15) is 21.6 Å². The lowest BCUT2D eigenvalue weighted by Gasteiger charge is -2.14. The van der Waals surface area contributed by atoms with Gasteiger partial charge in [-0.15, -0.1) is 11.3 Å². The molecule has 33 heavy (non-hydrogen) atoms. The Morgan fingerprint density at radius 1 is 1.03 bits per heavy atom. The van der Waals surface area contributed by atoms with Gasteiger partial charge >= 0.3 is 12.4 Å². The van der Waals surface area contributed by atoms with Gasteiger partial charge in [0.05, 0.1) is 23.9 Å². The number of fused-ring (bicyclic) bond motifs is 1. The monoisotopic (exact) mass is 485 g/mol. The smallest absolute Gasteiger partial charge is 0.416 e. The fraction of sp³-hybridized carbons (Fsp3) is 0.143. The van der Waals surface area contributed by atoms with Crippen LogP contribution in [0.2, 0.25) is 0 Å². The summed E-state index contributed by atoms with van der Waals surface area (Å²) in [5, 5.41) is 3.54. The maximum absolute atomic E-state index is 13.1. The molecule has 4 rings (SSSR count). The second kappa shape index (κ2) is 8.10. The average Bonchev–Trinajstić information content (AvgIpc) is 3.33. The van der Waals surface area contributed by atoms with E-state index in [0.717, 1.165) is 11.3 Å². The van der Waals surface area contributed by atoms with Gasteiger partial charge in [-0.05, 0) is 30.3 Å². The predicted molar refractivity (Wildman–Crippen MR) is 109 cm³/mol. The van der Waals surface area contributed by atoms with E-state index in [-0.39, 0.29) is 11.8 Å². The number of rotatable bonds is 4. The highest BCUT2D eigenvalue weighted by atomic mass is 32.1. The number of anilines is 1. The zero-order chi connectivity index (χ0) is 24.0. The Kier molecular flexibility index (Phi) is 5.56. The number of nitrogens with one attached hydrogen (secondary N) is 1. The zero-order valence-electron chi connectivity index (χ0n) is 16.6. The van der Waals surface area contributed by atoms with Crippen molar-refractivity contribution < 1.29 is 35.9 Å². The second-order valence-electron chi connectivity index (χ2n) is 6.88. The first-order chi connectivity index (χ1) is 15.5. The van der Waals surface area contributed by atoms with Gasteiger partial charge in [0.2, 0.25) is 0 Å². The Balaban J connectivity index is 1.68. The first kappa shape index (κ1) is 22.6. The lowest BCUT2D eigenvalue weighted by molar-refractivity contribution is -0.143. The highest BCUT2D eigenvalue weighted by molar-refractivity contribution is 7.15. The first-order valence-corrected chi connectivity index (χ1v) is 10.1. The van der Waals surface area contributed by atoms with Crippen LogP contribution in [-0.2, 0) is 12.4 Å². The van der Waals surface area contributed by atoms with Crippen LogP contribution in [-0.4, -0.2) is 22.4 Å². The first-order valence-electron chi connectivity index (χ1n) is 9.17. The quantitative estimate of drug-likeness (QED) is 0.342. The summed E-state index contributed by atoms with van der Waals surface area (Å²) in [5.41, 5.74) is -2.47. The molecule has 0 spiro atoms. The van der Waals surface area contributed by atoms with Crippen LogP contribution in [0.15, 0.2) is 54.0 Å². The number of thiazole rings is 1. The predicted octanol–water partition coefficient (Wildman–Crippen LogP) is 6.36. The number of hydrogen-bond donors (Lipinski definition) is 1. The Morgan fingerprint density at radius 3 is 2.30 bits per heavy atom. The fourth-order valence-electron chi connectivity index (χ4n) is 3.09. The van der Waals surface area contributed by atoms with Gasteiger partial charge < -0.3 is 10.1 Å². The van der Waals surface area contributed by atoms with E-state index in [2.05, 4.69) is 10.3 Å². The van der Waals surface area contributed by atoms with Crippen molar-refractivity contribution in [2.75, 3.05) is 12.4 Å². The molecular weight excluding hydrogens is 472 g/mol. The molecule has 2 aromatic carbocycles. The van der Waals surface area contributed by atoms with Gasteiger partial charge in [-0.1, -0.05) is 12.1 Å². The SMILES string of the molecule is COc1cccc(-c2cn3c(C(=O)Nc4cc(C(F)(F)F)cc(C(F)(F)F)c4)csc3n2)c1. The van der Waals surface area contributed by atoms with Crippen molar-refractivity contribution in [2.24, 2.45) is 0 Å². The lowest BCUT2D eigenvalue weighted by atomic mass is 10.1. The van der Waals surface area contributed by atoms with Gasteiger partial charge in [0.15, 0.2) is 4.96 Å². The summed E-state index contributed by atoms with van der Waals surface area (Å²) in [6.07, 6.45) is -8.50. The molecule has 2 heterocycles. The molecule has 0 aliphatic carbocycles. The summed E-state index contributed by atoms with van der Waals surface area (Å²) in [4.78, 5) is 17.5. The molecule has 0 unspecified atom stereocenters. The van der Waals surface area contributed by atoms with Crippen LogP contribution in [0, 0.1) is 0 Å². The van der Waals surface area contributed by atoms with Gasteiger partial charge in [-0.2, -0.15) is 26.3 Å². The molecule has 0 saturated heterocycles. The molecule has 0 aliphatic rings. The molecule has 0 bridgehead atoms. The van der Waals surface area contributed by atoms with Crippen LogP contribution >= 0.6 is 11.3 Å². The summed E-state index contributed by atoms with van der Waals surface area (Å²) in [6.45, 7) is 0. The average molecular weight is 485 g/mol. The normalized spacial score (nSPS) is 12.2. The van der Waals surface area contributed by atoms with E-state index in [0.29, 0.717) is 34.1 Å². The highest BCUT2D eigenvalue weighted by Crippen LogP contribution is 2.37. The molecule has 0 atom stereocenters. The lowest BCUT2D eigenvalue weighted by Crippen LogP contribution is -2.17. The van der Waals surface area contributed by atoms with Gasteiger partial charge in [-0.3, -0.25) is 9.20 Å². The molecule has 0 radical (unpaired) electrons. The number of ether oxygens (including phenoxy) is 1. The van der Waals surface area contributed by atoms with Crippen molar-refractivity contribution >= 4 is 27.9 Å². The van der Waals surface area contributed by atoms with Gasteiger partial charge in [0.1, 0.15) is 11.4 Å². The van der Waals surface area contributed by atoms with E-state index < -0.39 is 35.1 Å². The molecule has 2 aromatic heterocycles. The number of aromatic nitrogens is 2. The number of carbonyl (C=O) groups excluding carboxylic acids is 1. The largest absolute Gasteiger partial charge is 0.497 e. The van der Waals surface area contributed by atoms with E-state index in [9.17, 15) is 31.1 Å². The number of methoxy groups -OCH3 is 1. The van der Waals surface area contributed by atoms with E-state index in [1.165, 1.54) is 16.9 Å². The number of alkyl halides is 6. The number of halogens is 6. The molecule has 172 valence electrons. The molecule has 0 fully saturated rings. The van der Waals surface area contributed by atoms with Crippen LogP contribution < -0.4 is 10.1 Å². The topological polar surface area (TPSA) is 55.6 Å². The van der Waals surface area contributed by atoms with Crippen molar-refractivity contribution in [3.05, 3.63) is 70.9 Å². The molecule has 5 nitrogen and oxygen atoms in total. The zero-order valence-corrected chi connectivity index (χ0v) is 17.4. The summed E-state index contributed by atoms with van der Waals surface area (Å²) >= 11 is 1.09. The second-order valence-corrected chi connectivity index (χ2v) is 7.72. The van der Waals surface area contributed by atoms with Gasteiger partial charge in [0.25, 0.3) is 5.91 Å². The fourth-order valence-corrected chi connectivity index (χ4v) is 3.94. The summed E-state index contributed by atoms with van der Waals surface area (Å²) in [5.74, 6) is -0.296. The van der Waals surface area contributed by atoms with Crippen molar-refractivity contribution in [3.63, 3.8) is 0 Å². The van der Waals surface area contributed by atoms with E-state index >= 15 is 0 Å². The minimum absolute atomic E-state index is 0.00242. The number of hydrogen-bond acceptors (Lipinski definition) is 4. The third-order valence-electron chi connectivity index (χ3n) is 4.65. The van der Waals surface area contributed by atoms with E-state index in [4.69, 9.17) is 4.74 Å². The maximum atomic E-state index is 13.1. The molecule has 0 aliphatic heterocycles. The van der Waals surface area contributed by atoms with Crippen molar-refractivity contribution in [2.45, 2.75) is 12.4 Å². The third kappa shape index (κ3) is 4.65. The van der Waals surface area contributed by atoms with Gasteiger partial charge in [-0.25, -0.2) is 4.98 Å². The number of nitrogens with zero attached hydrogens (tertiary/aromatic N) is 2. The maximum Gasteiger partial charge on any atom is 0.416 e. The molecule has 12 heteroatoms.